The van der Waals surface area contributed by atoms with Crippen LogP contribution in [-0.2, 0) is 10.0 Å². The average molecular weight is 439 g/mol. The summed E-state index contributed by atoms with van der Waals surface area (Å²) < 4.78 is 29.0. The van der Waals surface area contributed by atoms with Gasteiger partial charge in [0.05, 0.1) is 20.7 Å². The van der Waals surface area contributed by atoms with Crippen LogP contribution in [0, 0.1) is 13.8 Å². The van der Waals surface area contributed by atoms with E-state index in [0.717, 1.165) is 26.9 Å². The number of sulfonamides is 1. The van der Waals surface area contributed by atoms with Crippen LogP contribution in [0.5, 0.6) is 0 Å². The number of thiazole rings is 1. The molecule has 152 valence electrons. The summed E-state index contributed by atoms with van der Waals surface area (Å²) in [5, 5.41) is 10.1. The number of hydrogen-bond acceptors (Lipinski definition) is 5. The molecule has 1 aromatic heterocycles. The van der Waals surface area contributed by atoms with Gasteiger partial charge in [0, 0.05) is 11.3 Å². The summed E-state index contributed by atoms with van der Waals surface area (Å²) in [6.45, 7) is 3.66. The predicted octanol–water partition coefficient (Wildman–Crippen LogP) is 5.08. The van der Waals surface area contributed by atoms with E-state index in [0.29, 0.717) is 11.3 Å². The first-order valence-electron chi connectivity index (χ1n) is 9.07. The number of aromatic carboxylic acids is 1. The molecule has 0 fully saturated rings. The van der Waals surface area contributed by atoms with E-state index in [1.165, 1.54) is 17.7 Å². The van der Waals surface area contributed by atoms with Crippen molar-refractivity contribution in [1.82, 2.24) is 4.98 Å². The number of hydrogen-bond donors (Lipinski definition) is 2. The number of carbonyl (C=O) groups is 1. The molecule has 0 aliphatic rings. The number of anilines is 1. The highest BCUT2D eigenvalue weighted by Crippen LogP contribution is 2.31. The molecule has 3 aromatic carbocycles. The van der Waals surface area contributed by atoms with E-state index in [2.05, 4.69) is 15.8 Å². The van der Waals surface area contributed by atoms with Gasteiger partial charge in [-0.25, -0.2) is 18.2 Å². The maximum Gasteiger partial charge on any atom is 0.335 e. The molecule has 0 bridgehead atoms. The maximum absolute atomic E-state index is 12.7. The molecule has 6 nitrogen and oxygen atoms in total. The Hall–Kier alpha value is -3.23. The summed E-state index contributed by atoms with van der Waals surface area (Å²) in [5.41, 5.74) is 3.83. The normalized spacial score (nSPS) is 11.5. The summed E-state index contributed by atoms with van der Waals surface area (Å²) in [6.07, 6.45) is 0. The number of carboxylic acids is 1. The number of aryl methyl sites for hydroxylation is 2. The zero-order valence-corrected chi connectivity index (χ0v) is 17.8. The summed E-state index contributed by atoms with van der Waals surface area (Å²) >= 11 is 1.58. The lowest BCUT2D eigenvalue weighted by Gasteiger charge is -2.10. The molecule has 0 spiro atoms. The Morgan fingerprint density at radius 2 is 1.73 bits per heavy atom. The smallest absolute Gasteiger partial charge is 0.335 e. The lowest BCUT2D eigenvalue weighted by Crippen LogP contribution is -2.14. The molecule has 0 aliphatic carbocycles. The topological polar surface area (TPSA) is 96.4 Å². The zero-order valence-electron chi connectivity index (χ0n) is 16.2. The molecule has 8 heteroatoms. The van der Waals surface area contributed by atoms with Crippen molar-refractivity contribution in [3.05, 3.63) is 77.4 Å². The third-order valence-corrected chi connectivity index (χ3v) is 7.12. The second kappa shape index (κ2) is 7.55. The Balaban J connectivity index is 1.59. The first kappa shape index (κ1) is 20.1. The largest absolute Gasteiger partial charge is 0.478 e. The van der Waals surface area contributed by atoms with Gasteiger partial charge in [0.15, 0.2) is 0 Å². The fraction of sp³-hybridized carbons (Fsp3) is 0.0909. The van der Waals surface area contributed by atoms with Crippen LogP contribution in [-0.4, -0.2) is 24.5 Å². The quantitative estimate of drug-likeness (QED) is 0.453. The molecule has 4 rings (SSSR count). The Morgan fingerprint density at radius 3 is 2.43 bits per heavy atom. The van der Waals surface area contributed by atoms with Crippen molar-refractivity contribution in [3.63, 3.8) is 0 Å². The minimum absolute atomic E-state index is 0.0423. The summed E-state index contributed by atoms with van der Waals surface area (Å²) in [7, 11) is -3.92. The van der Waals surface area contributed by atoms with E-state index in [1.54, 1.807) is 42.5 Å². The van der Waals surface area contributed by atoms with Gasteiger partial charge in [0.2, 0.25) is 0 Å². The molecule has 0 radical (unpaired) electrons. The van der Waals surface area contributed by atoms with Gasteiger partial charge in [-0.2, -0.15) is 0 Å². The van der Waals surface area contributed by atoms with Crippen molar-refractivity contribution in [1.29, 1.82) is 0 Å². The van der Waals surface area contributed by atoms with Gasteiger partial charge in [-0.3, -0.25) is 4.72 Å². The fourth-order valence-corrected chi connectivity index (χ4v) is 5.20. The predicted molar refractivity (Wildman–Crippen MR) is 119 cm³/mol. The fourth-order valence-electron chi connectivity index (χ4n) is 3.05. The highest BCUT2D eigenvalue weighted by Gasteiger charge is 2.18. The van der Waals surface area contributed by atoms with E-state index >= 15 is 0 Å². The van der Waals surface area contributed by atoms with E-state index in [-0.39, 0.29) is 10.5 Å². The zero-order chi connectivity index (χ0) is 21.5. The lowest BCUT2D eigenvalue weighted by atomic mass is 10.1. The van der Waals surface area contributed by atoms with Gasteiger partial charge >= 0.3 is 5.97 Å². The Morgan fingerprint density at radius 1 is 1.00 bits per heavy atom. The Kier molecular flexibility index (Phi) is 5.05. The Bertz CT molecular complexity index is 1370. The molecule has 30 heavy (non-hydrogen) atoms. The minimum Gasteiger partial charge on any atom is -0.478 e. The first-order chi connectivity index (χ1) is 14.2. The van der Waals surface area contributed by atoms with Crippen molar-refractivity contribution in [2.75, 3.05) is 4.72 Å². The summed E-state index contributed by atoms with van der Waals surface area (Å²) in [4.78, 5) is 15.8. The van der Waals surface area contributed by atoms with Crippen LogP contribution in [0.1, 0.15) is 21.5 Å². The minimum atomic E-state index is -3.92. The third kappa shape index (κ3) is 3.92. The van der Waals surface area contributed by atoms with Gasteiger partial charge < -0.3 is 5.11 Å². The number of benzene rings is 3. The highest BCUT2D eigenvalue weighted by molar-refractivity contribution is 7.92. The Labute approximate surface area is 177 Å². The van der Waals surface area contributed by atoms with Crippen LogP contribution in [0.4, 0.5) is 5.69 Å². The van der Waals surface area contributed by atoms with Crippen LogP contribution in [0.3, 0.4) is 0 Å². The molecule has 2 N–H and O–H groups in total. The molecular formula is C22H18N2O4S2. The average Bonchev–Trinajstić information content (AvgIpc) is 3.11. The van der Waals surface area contributed by atoms with Gasteiger partial charge in [0.1, 0.15) is 5.01 Å². The molecule has 0 unspecified atom stereocenters. The number of nitrogens with one attached hydrogen (secondary N) is 1. The third-order valence-electron chi connectivity index (χ3n) is 4.68. The second-order valence-electron chi connectivity index (χ2n) is 6.95. The molecule has 0 amide bonds. The van der Waals surface area contributed by atoms with E-state index in [9.17, 15) is 18.3 Å². The molecule has 0 atom stereocenters. The molecule has 0 aliphatic heterocycles. The number of nitrogens with zero attached hydrogens (tertiary/aromatic N) is 1. The van der Waals surface area contributed by atoms with E-state index in [4.69, 9.17) is 0 Å². The standard InChI is InChI=1S/C22H18N2O4S2/c1-13-3-10-19-20(11-13)29-21(23-19)15-5-7-16(8-6-15)24-30(27,28)17-9-4-14(2)18(12-17)22(25)26/h3-12,24H,1-2H3,(H,25,26). The van der Waals surface area contributed by atoms with Gasteiger partial charge in [-0.15, -0.1) is 11.3 Å². The van der Waals surface area contributed by atoms with Crippen molar-refractivity contribution in [2.45, 2.75) is 18.7 Å². The van der Waals surface area contributed by atoms with Crippen molar-refractivity contribution in [2.24, 2.45) is 0 Å². The molecule has 4 aromatic rings. The van der Waals surface area contributed by atoms with Gasteiger partial charge in [-0.1, -0.05) is 12.1 Å². The maximum atomic E-state index is 12.7. The molecule has 0 saturated carbocycles. The van der Waals surface area contributed by atoms with E-state index in [1.807, 2.05) is 19.1 Å². The molecule has 1 heterocycles. The van der Waals surface area contributed by atoms with Crippen LogP contribution < -0.4 is 4.72 Å². The monoisotopic (exact) mass is 438 g/mol. The van der Waals surface area contributed by atoms with E-state index < -0.39 is 16.0 Å². The number of carboxylic acid groups (broad SMARTS) is 1. The van der Waals surface area contributed by atoms with Gasteiger partial charge in [-0.05, 0) is 73.5 Å². The molecular weight excluding hydrogens is 420 g/mol. The second-order valence-corrected chi connectivity index (χ2v) is 9.67. The highest BCUT2D eigenvalue weighted by atomic mass is 32.2. The van der Waals surface area contributed by atoms with Crippen molar-refractivity contribution < 1.29 is 18.3 Å². The van der Waals surface area contributed by atoms with Crippen molar-refractivity contribution >= 4 is 43.2 Å². The SMILES string of the molecule is Cc1ccc2nc(-c3ccc(NS(=O)(=O)c4ccc(C)c(C(=O)O)c4)cc3)sc2c1. The van der Waals surface area contributed by atoms with Gasteiger partial charge in [0.25, 0.3) is 10.0 Å². The van der Waals surface area contributed by atoms with Crippen LogP contribution in [0.25, 0.3) is 20.8 Å². The first-order valence-corrected chi connectivity index (χ1v) is 11.4. The molecule has 0 saturated heterocycles. The number of rotatable bonds is 5. The number of fused-ring (bicyclic) bond motifs is 1. The van der Waals surface area contributed by atoms with Crippen LogP contribution in [0.2, 0.25) is 0 Å². The summed E-state index contributed by atoms with van der Waals surface area (Å²) in [5.74, 6) is -1.17. The lowest BCUT2D eigenvalue weighted by molar-refractivity contribution is 0.0696. The van der Waals surface area contributed by atoms with Crippen molar-refractivity contribution in [3.8, 4) is 10.6 Å². The van der Waals surface area contributed by atoms with Crippen LogP contribution >= 0.6 is 11.3 Å². The van der Waals surface area contributed by atoms with Crippen LogP contribution in [0.15, 0.2) is 65.6 Å². The summed E-state index contributed by atoms with van der Waals surface area (Å²) in [6, 6.07) is 17.1. The number of aromatic nitrogens is 1.